The molecule has 0 heterocycles. The number of rotatable bonds is 2. The van der Waals surface area contributed by atoms with Crippen LogP contribution in [0.1, 0.15) is 0 Å². The summed E-state index contributed by atoms with van der Waals surface area (Å²) in [6.45, 7) is 0. The van der Waals surface area contributed by atoms with Crippen LogP contribution < -0.4 is 4.35 Å². The summed E-state index contributed by atoms with van der Waals surface area (Å²) in [4.78, 5) is 10.0. The molecule has 0 aliphatic heterocycles. The Kier molecular flexibility index (Phi) is 2.86. The van der Waals surface area contributed by atoms with Crippen LogP contribution in [0.15, 0.2) is 18.2 Å². The second-order valence-corrected chi connectivity index (χ2v) is 13.5. The molecule has 5 heteroatoms. The number of hydrogen-bond acceptors (Lipinski definition) is 3. The molecule has 0 aliphatic rings. The quantitative estimate of drug-likeness (QED) is 0.500. The van der Waals surface area contributed by atoms with E-state index in [9.17, 15) is 15.2 Å². The van der Waals surface area contributed by atoms with Gasteiger partial charge in [-0.2, -0.15) is 0 Å². The van der Waals surface area contributed by atoms with Crippen molar-refractivity contribution in [3.63, 3.8) is 0 Å². The molecule has 0 saturated carbocycles. The fourth-order valence-corrected chi connectivity index (χ4v) is 3.24. The average Bonchev–Trinajstić information content (AvgIpc) is 2.02. The summed E-state index contributed by atoms with van der Waals surface area (Å²) >= 11 is -1.88. The molecule has 0 spiro atoms. The molecule has 14 heavy (non-hydrogen) atoms. The van der Waals surface area contributed by atoms with Crippen molar-refractivity contribution in [1.29, 1.82) is 0 Å². The van der Waals surface area contributed by atoms with Crippen molar-refractivity contribution in [1.82, 2.24) is 0 Å². The summed E-state index contributed by atoms with van der Waals surface area (Å²) in [6.07, 6.45) is 0. The van der Waals surface area contributed by atoms with Gasteiger partial charge >= 0.3 is 84.8 Å². The van der Waals surface area contributed by atoms with E-state index in [4.69, 9.17) is 0 Å². The van der Waals surface area contributed by atoms with Crippen LogP contribution in [0.25, 0.3) is 0 Å². The molecule has 0 aromatic heterocycles. The molecule has 0 aliphatic carbocycles. The van der Waals surface area contributed by atoms with Gasteiger partial charge in [0.15, 0.2) is 0 Å². The van der Waals surface area contributed by atoms with Crippen molar-refractivity contribution in [3.05, 3.63) is 28.3 Å². The monoisotopic (exact) mass is 258 g/mol. The van der Waals surface area contributed by atoms with Gasteiger partial charge in [-0.05, 0) is 0 Å². The maximum atomic E-state index is 10.6. The molecule has 4 nitrogen and oxygen atoms in total. The van der Waals surface area contributed by atoms with Crippen LogP contribution in [0.5, 0.6) is 5.75 Å². The van der Waals surface area contributed by atoms with Crippen molar-refractivity contribution in [2.75, 3.05) is 0 Å². The number of hydrogen-bond donors (Lipinski definition) is 1. The average molecular weight is 258 g/mol. The first-order valence-electron chi connectivity index (χ1n) is 4.12. The Balaban J connectivity index is 3.27. The van der Waals surface area contributed by atoms with E-state index in [-0.39, 0.29) is 11.4 Å². The standard InChI is InChI=1S/C9H12AsNO3/c1-10(2,3)7-4-5-9(12)8(6-7)11(13)14/h4-6H,1-3H3/p+1. The topological polar surface area (TPSA) is 63.4 Å². The van der Waals surface area contributed by atoms with E-state index in [2.05, 4.69) is 17.1 Å². The van der Waals surface area contributed by atoms with E-state index >= 15 is 0 Å². The van der Waals surface area contributed by atoms with Crippen molar-refractivity contribution in [2.45, 2.75) is 17.1 Å². The molecule has 0 unspecified atom stereocenters. The molecule has 1 aromatic rings. The second-order valence-electron chi connectivity index (χ2n) is 3.94. The zero-order chi connectivity index (χ0) is 10.9. The summed E-state index contributed by atoms with van der Waals surface area (Å²) < 4.78 is 1.01. The Labute approximate surface area is 85.2 Å². The number of benzene rings is 1. The van der Waals surface area contributed by atoms with Gasteiger partial charge in [-0.3, -0.25) is 0 Å². The van der Waals surface area contributed by atoms with Gasteiger partial charge in [-0.15, -0.1) is 0 Å². The zero-order valence-electron chi connectivity index (χ0n) is 8.39. The third kappa shape index (κ3) is 2.26. The molecule has 76 valence electrons. The predicted molar refractivity (Wildman–Crippen MR) is 57.7 cm³/mol. The number of aromatic hydroxyl groups is 1. The molecule has 0 fully saturated rings. The van der Waals surface area contributed by atoms with E-state index in [1.807, 2.05) is 0 Å². The van der Waals surface area contributed by atoms with E-state index in [0.717, 1.165) is 4.35 Å². The molecule has 1 rings (SSSR count). The minimum atomic E-state index is -1.88. The number of nitro benzene ring substituents is 1. The SMILES string of the molecule is C[As+](C)(C)c1ccc(O)c([N+](=O)[O-])c1. The van der Waals surface area contributed by atoms with Crippen LogP contribution in [0.3, 0.4) is 0 Å². The van der Waals surface area contributed by atoms with Gasteiger partial charge in [-0.25, -0.2) is 0 Å². The van der Waals surface area contributed by atoms with Crippen LogP contribution in [-0.2, 0) is 0 Å². The summed E-state index contributed by atoms with van der Waals surface area (Å²) in [5.41, 5.74) is 6.20. The molecule has 0 bridgehead atoms. The fourth-order valence-electron chi connectivity index (χ4n) is 1.08. The Morgan fingerprint density at radius 2 is 1.93 bits per heavy atom. The molecule has 1 N–H and O–H groups in total. The van der Waals surface area contributed by atoms with Gasteiger partial charge in [0.2, 0.25) is 0 Å². The van der Waals surface area contributed by atoms with Gasteiger partial charge in [0.1, 0.15) is 0 Å². The first-order valence-corrected chi connectivity index (χ1v) is 10.7. The summed E-state index contributed by atoms with van der Waals surface area (Å²) in [5.74, 6) is -0.261. The van der Waals surface area contributed by atoms with Gasteiger partial charge in [0.25, 0.3) is 0 Å². The Bertz CT molecular complexity index is 371. The normalized spacial score (nSPS) is 11.4. The van der Waals surface area contributed by atoms with Crippen molar-refractivity contribution in [3.8, 4) is 5.75 Å². The Hall–Kier alpha value is -1.02. The van der Waals surface area contributed by atoms with Crippen LogP contribution in [0, 0.1) is 10.1 Å². The summed E-state index contributed by atoms with van der Waals surface area (Å²) in [5, 5.41) is 19.8. The van der Waals surface area contributed by atoms with Crippen LogP contribution in [0.2, 0.25) is 17.1 Å². The minimum absolute atomic E-state index is 0.196. The molecule has 0 saturated heterocycles. The first-order chi connectivity index (χ1) is 6.32. The third-order valence-electron chi connectivity index (χ3n) is 1.93. The van der Waals surface area contributed by atoms with Gasteiger partial charge < -0.3 is 0 Å². The van der Waals surface area contributed by atoms with Gasteiger partial charge in [0.05, 0.1) is 0 Å². The van der Waals surface area contributed by atoms with E-state index in [1.54, 1.807) is 6.07 Å². The van der Waals surface area contributed by atoms with E-state index < -0.39 is 18.5 Å². The molecule has 0 radical (unpaired) electrons. The molecule has 1 aromatic carbocycles. The Morgan fingerprint density at radius 3 is 2.36 bits per heavy atom. The fraction of sp³-hybridized carbons (Fsp3) is 0.333. The van der Waals surface area contributed by atoms with Crippen LogP contribution in [-0.4, -0.2) is 23.6 Å². The zero-order valence-corrected chi connectivity index (χ0v) is 10.3. The van der Waals surface area contributed by atoms with Crippen LogP contribution >= 0.6 is 0 Å². The predicted octanol–water partition coefficient (Wildman–Crippen LogP) is 1.85. The Morgan fingerprint density at radius 1 is 1.36 bits per heavy atom. The summed E-state index contributed by atoms with van der Waals surface area (Å²) in [7, 11) is 0. The van der Waals surface area contributed by atoms with Crippen molar-refractivity contribution >= 4 is 23.6 Å². The first kappa shape index (κ1) is 11.1. The number of phenolic OH excluding ortho intramolecular Hbond substituents is 1. The molecular formula is C9H13AsNO3+. The second kappa shape index (κ2) is 3.62. The molecule has 0 atom stereocenters. The number of nitrogens with zero attached hydrogens (tertiary/aromatic N) is 1. The number of nitro groups is 1. The maximum absolute atomic E-state index is 10.6. The molecular weight excluding hydrogens is 245 g/mol. The van der Waals surface area contributed by atoms with E-state index in [0.29, 0.717) is 0 Å². The van der Waals surface area contributed by atoms with Gasteiger partial charge in [0, 0.05) is 0 Å². The van der Waals surface area contributed by atoms with Crippen LogP contribution in [0.4, 0.5) is 5.69 Å². The van der Waals surface area contributed by atoms with E-state index in [1.165, 1.54) is 12.1 Å². The third-order valence-corrected chi connectivity index (χ3v) is 5.76. The van der Waals surface area contributed by atoms with Crippen molar-refractivity contribution < 1.29 is 10.0 Å². The summed E-state index contributed by atoms with van der Waals surface area (Å²) in [6, 6.07) is 4.66. The number of phenols is 1. The molecule has 0 amide bonds. The van der Waals surface area contributed by atoms with Gasteiger partial charge in [-0.1, -0.05) is 0 Å². The van der Waals surface area contributed by atoms with Crippen molar-refractivity contribution in [2.24, 2.45) is 0 Å².